The molecule has 108 valence electrons. The van der Waals surface area contributed by atoms with Gasteiger partial charge in [-0.25, -0.2) is 0 Å². The Morgan fingerprint density at radius 1 is 1.25 bits per heavy atom. The largest absolute Gasteiger partial charge is 0.361 e. The van der Waals surface area contributed by atoms with E-state index in [9.17, 15) is 4.79 Å². The van der Waals surface area contributed by atoms with Gasteiger partial charge in [0.05, 0.1) is 12.6 Å². The normalized spacial score (nSPS) is 26.6. The molecule has 2 saturated heterocycles. The lowest BCUT2D eigenvalue weighted by Crippen LogP contribution is -2.73. The Bertz CT molecular complexity index is 475. The maximum absolute atomic E-state index is 12.1. The summed E-state index contributed by atoms with van der Waals surface area (Å²) in [6.07, 6.45) is -0.253. The van der Waals surface area contributed by atoms with Gasteiger partial charge in [-0.2, -0.15) is 0 Å². The van der Waals surface area contributed by atoms with Crippen LogP contribution in [0.1, 0.15) is 19.4 Å². The van der Waals surface area contributed by atoms with E-state index in [-0.39, 0.29) is 18.1 Å². The highest BCUT2D eigenvalue weighted by Gasteiger charge is 2.50. The number of rotatable bonds is 4. The first-order valence-corrected chi connectivity index (χ1v) is 7.37. The fraction of sp³-hybridized carbons (Fsp3) is 0.562. The Kier molecular flexibility index (Phi) is 3.76. The van der Waals surface area contributed by atoms with Gasteiger partial charge in [0, 0.05) is 25.7 Å². The predicted octanol–water partition coefficient (Wildman–Crippen LogP) is 1.51. The van der Waals surface area contributed by atoms with Gasteiger partial charge >= 0.3 is 0 Å². The first kappa shape index (κ1) is 13.6. The molecule has 0 N–H and O–H groups in total. The van der Waals surface area contributed by atoms with Crippen LogP contribution in [0.3, 0.4) is 0 Å². The predicted molar refractivity (Wildman–Crippen MR) is 77.2 cm³/mol. The fourth-order valence-electron chi connectivity index (χ4n) is 3.02. The van der Waals surface area contributed by atoms with Crippen molar-refractivity contribution >= 4 is 5.91 Å². The molecule has 0 saturated carbocycles. The van der Waals surface area contributed by atoms with E-state index < -0.39 is 0 Å². The van der Waals surface area contributed by atoms with E-state index in [0.717, 1.165) is 25.2 Å². The lowest BCUT2D eigenvalue weighted by Gasteiger charge is -2.53. The molecule has 2 aliphatic heterocycles. The molecule has 0 spiro atoms. The van der Waals surface area contributed by atoms with Crippen LogP contribution in [0.2, 0.25) is 0 Å². The van der Waals surface area contributed by atoms with Gasteiger partial charge in [-0.15, -0.1) is 0 Å². The van der Waals surface area contributed by atoms with Crippen molar-refractivity contribution < 1.29 is 9.53 Å². The quantitative estimate of drug-likeness (QED) is 0.780. The molecular formula is C16H22N2O2. The minimum Gasteiger partial charge on any atom is -0.361 e. The first-order chi connectivity index (χ1) is 9.66. The number of nitrogens with zero attached hydrogens (tertiary/aromatic N) is 2. The molecule has 2 heterocycles. The maximum Gasteiger partial charge on any atom is 0.254 e. The molecule has 2 atom stereocenters. The molecule has 20 heavy (non-hydrogen) atoms. The molecule has 4 heteroatoms. The molecule has 0 aromatic heterocycles. The SMILES string of the molecule is CC(C)N1CCN2C(=O)[C@H](OCc3ccccc3)[C@@H]2C1. The summed E-state index contributed by atoms with van der Waals surface area (Å²) in [6.45, 7) is 7.68. The summed E-state index contributed by atoms with van der Waals surface area (Å²) >= 11 is 0. The molecule has 0 radical (unpaired) electrons. The summed E-state index contributed by atoms with van der Waals surface area (Å²) in [5.74, 6) is 0.161. The van der Waals surface area contributed by atoms with E-state index in [2.05, 4.69) is 18.7 Å². The fourth-order valence-corrected chi connectivity index (χ4v) is 3.02. The smallest absolute Gasteiger partial charge is 0.254 e. The highest BCUT2D eigenvalue weighted by atomic mass is 16.5. The van der Waals surface area contributed by atoms with E-state index in [4.69, 9.17) is 4.74 Å². The Morgan fingerprint density at radius 2 is 2.00 bits per heavy atom. The van der Waals surface area contributed by atoms with Crippen molar-refractivity contribution in [3.8, 4) is 0 Å². The average molecular weight is 274 g/mol. The highest BCUT2D eigenvalue weighted by molar-refractivity contribution is 5.88. The molecule has 1 aromatic rings. The van der Waals surface area contributed by atoms with E-state index >= 15 is 0 Å². The van der Waals surface area contributed by atoms with Gasteiger partial charge < -0.3 is 9.64 Å². The molecule has 1 amide bonds. The van der Waals surface area contributed by atoms with Crippen molar-refractivity contribution in [2.24, 2.45) is 0 Å². The third kappa shape index (κ3) is 2.45. The van der Waals surface area contributed by atoms with E-state index in [0.29, 0.717) is 12.6 Å². The molecule has 2 aliphatic rings. The molecule has 0 unspecified atom stereocenters. The number of benzene rings is 1. The molecule has 4 nitrogen and oxygen atoms in total. The zero-order valence-electron chi connectivity index (χ0n) is 12.2. The lowest BCUT2D eigenvalue weighted by atomic mass is 9.94. The van der Waals surface area contributed by atoms with Crippen LogP contribution in [0.4, 0.5) is 0 Å². The van der Waals surface area contributed by atoms with Crippen molar-refractivity contribution in [1.82, 2.24) is 9.80 Å². The summed E-state index contributed by atoms with van der Waals surface area (Å²) in [6, 6.07) is 10.8. The number of ether oxygens (including phenoxy) is 1. The van der Waals surface area contributed by atoms with Crippen molar-refractivity contribution in [2.75, 3.05) is 19.6 Å². The van der Waals surface area contributed by atoms with E-state index in [1.165, 1.54) is 0 Å². The summed E-state index contributed by atoms with van der Waals surface area (Å²) in [5, 5.41) is 0. The molecule has 0 aliphatic carbocycles. The van der Waals surface area contributed by atoms with Gasteiger partial charge in [0.15, 0.2) is 6.10 Å². The van der Waals surface area contributed by atoms with Crippen LogP contribution >= 0.6 is 0 Å². The molecule has 0 bridgehead atoms. The molecular weight excluding hydrogens is 252 g/mol. The summed E-state index contributed by atoms with van der Waals surface area (Å²) in [7, 11) is 0. The lowest BCUT2D eigenvalue weighted by molar-refractivity contribution is -0.184. The third-order valence-corrected chi connectivity index (χ3v) is 4.33. The monoisotopic (exact) mass is 274 g/mol. The molecule has 3 rings (SSSR count). The van der Waals surface area contributed by atoms with E-state index in [1.807, 2.05) is 35.2 Å². The third-order valence-electron chi connectivity index (χ3n) is 4.33. The van der Waals surface area contributed by atoms with Gasteiger partial charge in [0.25, 0.3) is 5.91 Å². The van der Waals surface area contributed by atoms with Crippen LogP contribution in [0.15, 0.2) is 30.3 Å². The van der Waals surface area contributed by atoms with Crippen LogP contribution in [-0.4, -0.2) is 53.5 Å². The van der Waals surface area contributed by atoms with Crippen LogP contribution in [0, 0.1) is 0 Å². The second-order valence-electron chi connectivity index (χ2n) is 5.90. The van der Waals surface area contributed by atoms with Gasteiger partial charge in [-0.1, -0.05) is 30.3 Å². The Balaban J connectivity index is 1.58. The van der Waals surface area contributed by atoms with Crippen molar-refractivity contribution in [3.63, 3.8) is 0 Å². The van der Waals surface area contributed by atoms with Gasteiger partial charge in [0.1, 0.15) is 0 Å². The van der Waals surface area contributed by atoms with Crippen molar-refractivity contribution in [2.45, 2.75) is 38.6 Å². The number of hydrogen-bond acceptors (Lipinski definition) is 3. The Morgan fingerprint density at radius 3 is 2.70 bits per heavy atom. The number of carbonyl (C=O) groups excluding carboxylic acids is 1. The summed E-state index contributed by atoms with van der Waals surface area (Å²) in [5.41, 5.74) is 1.12. The number of piperazine rings is 1. The average Bonchev–Trinajstić information content (AvgIpc) is 2.47. The number of β-lactam (4-membered cyclic amide) rings is 1. The van der Waals surface area contributed by atoms with Crippen LogP contribution < -0.4 is 0 Å². The molecule has 2 fully saturated rings. The molecule has 1 aromatic carbocycles. The summed E-state index contributed by atoms with van der Waals surface area (Å²) in [4.78, 5) is 16.5. The zero-order chi connectivity index (χ0) is 14.1. The second kappa shape index (κ2) is 5.54. The van der Waals surface area contributed by atoms with Gasteiger partial charge in [-0.3, -0.25) is 9.69 Å². The Hall–Kier alpha value is -1.39. The zero-order valence-corrected chi connectivity index (χ0v) is 12.2. The van der Waals surface area contributed by atoms with Crippen molar-refractivity contribution in [3.05, 3.63) is 35.9 Å². The van der Waals surface area contributed by atoms with Crippen LogP contribution in [-0.2, 0) is 16.1 Å². The topological polar surface area (TPSA) is 32.8 Å². The van der Waals surface area contributed by atoms with Gasteiger partial charge in [-0.05, 0) is 19.4 Å². The number of amides is 1. The van der Waals surface area contributed by atoms with Crippen LogP contribution in [0.25, 0.3) is 0 Å². The maximum atomic E-state index is 12.1. The number of fused-ring (bicyclic) bond motifs is 1. The first-order valence-electron chi connectivity index (χ1n) is 7.37. The standard InChI is InChI=1S/C16H22N2O2/c1-12(2)17-8-9-18-14(10-17)15(16(18)19)20-11-13-6-4-3-5-7-13/h3-7,12,14-15H,8-11H2,1-2H3/t14-,15+/m0/s1. The second-order valence-corrected chi connectivity index (χ2v) is 5.90. The van der Waals surface area contributed by atoms with Gasteiger partial charge in [0.2, 0.25) is 0 Å². The number of hydrogen-bond donors (Lipinski definition) is 0. The van der Waals surface area contributed by atoms with Crippen LogP contribution in [0.5, 0.6) is 0 Å². The minimum atomic E-state index is -0.253. The summed E-state index contributed by atoms with van der Waals surface area (Å²) < 4.78 is 5.86. The minimum absolute atomic E-state index is 0.161. The van der Waals surface area contributed by atoms with Crippen molar-refractivity contribution in [1.29, 1.82) is 0 Å². The number of carbonyl (C=O) groups is 1. The Labute approximate surface area is 120 Å². The van der Waals surface area contributed by atoms with E-state index in [1.54, 1.807) is 0 Å². The highest BCUT2D eigenvalue weighted by Crippen LogP contribution is 2.28.